The van der Waals surface area contributed by atoms with Crippen molar-refractivity contribution in [3.63, 3.8) is 0 Å². The van der Waals surface area contributed by atoms with Crippen molar-refractivity contribution >= 4 is 23.6 Å². The molecule has 162 valence electrons. The van der Waals surface area contributed by atoms with Gasteiger partial charge in [0, 0.05) is 24.0 Å². The SMILES string of the molecule is Cc1ccc(-n2ncc(C(=O)NCCCNC(=O)OC(C)(C)C)c2C2CC2)cc1Cl. The lowest BCUT2D eigenvalue weighted by Gasteiger charge is -2.19. The number of hydrogen-bond acceptors (Lipinski definition) is 4. The Balaban J connectivity index is 1.58. The Morgan fingerprint density at radius 2 is 1.93 bits per heavy atom. The number of carbonyl (C=O) groups is 2. The number of ether oxygens (including phenoxy) is 1. The van der Waals surface area contributed by atoms with Crippen LogP contribution in [0.25, 0.3) is 5.69 Å². The summed E-state index contributed by atoms with van der Waals surface area (Å²) in [7, 11) is 0. The first-order valence-electron chi connectivity index (χ1n) is 10.2. The fraction of sp³-hybridized carbons (Fsp3) is 0.500. The summed E-state index contributed by atoms with van der Waals surface area (Å²) >= 11 is 6.28. The second-order valence-electron chi connectivity index (χ2n) is 8.60. The van der Waals surface area contributed by atoms with E-state index in [2.05, 4.69) is 15.7 Å². The van der Waals surface area contributed by atoms with E-state index in [1.165, 1.54) is 0 Å². The van der Waals surface area contributed by atoms with Crippen LogP contribution in [0.1, 0.15) is 67.6 Å². The molecule has 0 unspecified atom stereocenters. The van der Waals surface area contributed by atoms with Crippen molar-refractivity contribution in [2.24, 2.45) is 0 Å². The predicted octanol–water partition coefficient (Wildman–Crippen LogP) is 4.36. The van der Waals surface area contributed by atoms with Gasteiger partial charge in [-0.25, -0.2) is 9.48 Å². The lowest BCUT2D eigenvalue weighted by Crippen LogP contribution is -2.34. The maximum Gasteiger partial charge on any atom is 0.407 e. The van der Waals surface area contributed by atoms with Crippen LogP contribution in [0.5, 0.6) is 0 Å². The summed E-state index contributed by atoms with van der Waals surface area (Å²) in [6, 6.07) is 5.79. The van der Waals surface area contributed by atoms with Gasteiger partial charge in [0.05, 0.1) is 23.1 Å². The van der Waals surface area contributed by atoms with E-state index in [0.717, 1.165) is 29.8 Å². The minimum Gasteiger partial charge on any atom is -0.444 e. The van der Waals surface area contributed by atoms with Crippen LogP contribution in [0.15, 0.2) is 24.4 Å². The van der Waals surface area contributed by atoms with Crippen LogP contribution in [0.4, 0.5) is 4.79 Å². The van der Waals surface area contributed by atoms with Crippen molar-refractivity contribution in [2.45, 2.75) is 58.5 Å². The zero-order valence-corrected chi connectivity index (χ0v) is 18.7. The Hall–Kier alpha value is -2.54. The van der Waals surface area contributed by atoms with Gasteiger partial charge in [-0.05, 0) is 64.7 Å². The second-order valence-corrected chi connectivity index (χ2v) is 9.01. The fourth-order valence-corrected chi connectivity index (χ4v) is 3.27. The first-order valence-corrected chi connectivity index (χ1v) is 10.6. The first kappa shape index (κ1) is 22.2. The van der Waals surface area contributed by atoms with E-state index in [0.29, 0.717) is 36.0 Å². The van der Waals surface area contributed by atoms with E-state index in [1.807, 2.05) is 50.6 Å². The van der Waals surface area contributed by atoms with Crippen molar-refractivity contribution in [1.82, 2.24) is 20.4 Å². The van der Waals surface area contributed by atoms with Gasteiger partial charge in [-0.2, -0.15) is 5.10 Å². The molecule has 1 aromatic heterocycles. The van der Waals surface area contributed by atoms with E-state index >= 15 is 0 Å². The van der Waals surface area contributed by atoms with Crippen LogP contribution >= 0.6 is 11.6 Å². The van der Waals surface area contributed by atoms with Gasteiger partial charge in [-0.1, -0.05) is 17.7 Å². The van der Waals surface area contributed by atoms with E-state index < -0.39 is 11.7 Å². The van der Waals surface area contributed by atoms with Crippen LogP contribution in [0, 0.1) is 6.92 Å². The van der Waals surface area contributed by atoms with E-state index in [9.17, 15) is 9.59 Å². The van der Waals surface area contributed by atoms with E-state index in [4.69, 9.17) is 16.3 Å². The van der Waals surface area contributed by atoms with Crippen molar-refractivity contribution in [3.05, 3.63) is 46.2 Å². The van der Waals surface area contributed by atoms with Crippen LogP contribution < -0.4 is 10.6 Å². The summed E-state index contributed by atoms with van der Waals surface area (Å²) in [5.41, 5.74) is 2.85. The zero-order valence-electron chi connectivity index (χ0n) is 17.9. The molecule has 0 saturated heterocycles. The number of halogens is 1. The summed E-state index contributed by atoms with van der Waals surface area (Å²) in [5, 5.41) is 10.7. The normalized spacial score (nSPS) is 13.8. The predicted molar refractivity (Wildman–Crippen MR) is 116 cm³/mol. The highest BCUT2D eigenvalue weighted by atomic mass is 35.5. The second kappa shape index (κ2) is 9.08. The summed E-state index contributed by atoms with van der Waals surface area (Å²) in [5.74, 6) is 0.181. The van der Waals surface area contributed by atoms with Crippen LogP contribution in [-0.2, 0) is 4.74 Å². The van der Waals surface area contributed by atoms with Gasteiger partial charge < -0.3 is 15.4 Å². The number of hydrogen-bond donors (Lipinski definition) is 2. The molecule has 0 atom stereocenters. The van der Waals surface area contributed by atoms with Gasteiger partial charge in [-0.15, -0.1) is 0 Å². The lowest BCUT2D eigenvalue weighted by atomic mass is 10.1. The smallest absolute Gasteiger partial charge is 0.407 e. The molecule has 30 heavy (non-hydrogen) atoms. The van der Waals surface area contributed by atoms with Gasteiger partial charge in [0.15, 0.2) is 0 Å². The molecule has 2 N–H and O–H groups in total. The van der Waals surface area contributed by atoms with Crippen molar-refractivity contribution in [1.29, 1.82) is 0 Å². The Labute approximate surface area is 182 Å². The lowest BCUT2D eigenvalue weighted by molar-refractivity contribution is 0.0527. The molecule has 1 saturated carbocycles. The van der Waals surface area contributed by atoms with Gasteiger partial charge in [0.1, 0.15) is 5.60 Å². The molecule has 7 nitrogen and oxygen atoms in total. The molecule has 1 fully saturated rings. The number of carbonyl (C=O) groups excluding carboxylic acids is 2. The molecule has 8 heteroatoms. The number of rotatable bonds is 7. The maximum absolute atomic E-state index is 12.7. The molecule has 2 aromatic rings. The number of nitrogens with zero attached hydrogens (tertiary/aromatic N) is 2. The van der Waals surface area contributed by atoms with Crippen LogP contribution in [0.2, 0.25) is 5.02 Å². The molecule has 2 amide bonds. The number of aryl methyl sites for hydroxylation is 1. The summed E-state index contributed by atoms with van der Waals surface area (Å²) in [6.45, 7) is 8.26. The maximum atomic E-state index is 12.7. The average molecular weight is 433 g/mol. The molecule has 1 aliphatic carbocycles. The Kier molecular flexibility index (Phi) is 6.71. The monoisotopic (exact) mass is 432 g/mol. The topological polar surface area (TPSA) is 85.3 Å². The van der Waals surface area contributed by atoms with Gasteiger partial charge in [0.25, 0.3) is 5.91 Å². The Bertz CT molecular complexity index is 929. The highest BCUT2D eigenvalue weighted by molar-refractivity contribution is 6.31. The molecule has 3 rings (SSSR count). The molecule has 1 heterocycles. The number of benzene rings is 1. The molecule has 0 aliphatic heterocycles. The summed E-state index contributed by atoms with van der Waals surface area (Å²) < 4.78 is 7.01. The number of aromatic nitrogens is 2. The van der Waals surface area contributed by atoms with Crippen LogP contribution in [0.3, 0.4) is 0 Å². The summed E-state index contributed by atoms with van der Waals surface area (Å²) in [6.07, 6.45) is 3.86. The quantitative estimate of drug-likeness (QED) is 0.636. The van der Waals surface area contributed by atoms with Gasteiger partial charge >= 0.3 is 6.09 Å². The number of alkyl carbamates (subject to hydrolysis) is 1. The number of amides is 2. The molecule has 1 aromatic carbocycles. The minimum absolute atomic E-state index is 0.154. The molecular weight excluding hydrogens is 404 g/mol. The zero-order chi connectivity index (χ0) is 21.9. The third-order valence-corrected chi connectivity index (χ3v) is 5.13. The minimum atomic E-state index is -0.528. The average Bonchev–Trinajstić information content (AvgIpc) is 3.40. The van der Waals surface area contributed by atoms with Gasteiger partial charge in [0.2, 0.25) is 0 Å². The Morgan fingerprint density at radius 3 is 2.57 bits per heavy atom. The van der Waals surface area contributed by atoms with Crippen molar-refractivity contribution in [3.8, 4) is 5.69 Å². The molecular formula is C22H29ClN4O3. The molecule has 0 spiro atoms. The number of nitrogens with one attached hydrogen (secondary N) is 2. The van der Waals surface area contributed by atoms with Crippen molar-refractivity contribution in [2.75, 3.05) is 13.1 Å². The summed E-state index contributed by atoms with van der Waals surface area (Å²) in [4.78, 5) is 24.4. The molecule has 0 radical (unpaired) electrons. The highest BCUT2D eigenvalue weighted by Crippen LogP contribution is 2.42. The fourth-order valence-electron chi connectivity index (χ4n) is 3.09. The largest absolute Gasteiger partial charge is 0.444 e. The van der Waals surface area contributed by atoms with Crippen LogP contribution in [-0.4, -0.2) is 40.5 Å². The first-order chi connectivity index (χ1) is 14.2. The highest BCUT2D eigenvalue weighted by Gasteiger charge is 2.33. The molecule has 0 bridgehead atoms. The standard InChI is InChI=1S/C22H29ClN4O3/c1-14-6-9-16(12-18(14)23)27-19(15-7-8-15)17(13-26-27)20(28)24-10-5-11-25-21(29)30-22(2,3)4/h6,9,12-13,15H,5,7-8,10-11H2,1-4H3,(H,24,28)(H,25,29). The third kappa shape index (κ3) is 5.75. The van der Waals surface area contributed by atoms with Gasteiger partial charge in [-0.3, -0.25) is 4.79 Å². The Morgan fingerprint density at radius 1 is 1.23 bits per heavy atom. The van der Waals surface area contributed by atoms with Crippen molar-refractivity contribution < 1.29 is 14.3 Å². The molecule has 1 aliphatic rings. The third-order valence-electron chi connectivity index (χ3n) is 4.72. The van der Waals surface area contributed by atoms with E-state index in [1.54, 1.807) is 6.20 Å². The van der Waals surface area contributed by atoms with E-state index in [-0.39, 0.29) is 5.91 Å².